The van der Waals surface area contributed by atoms with Crippen LogP contribution in [0.25, 0.3) is 5.69 Å². The number of aromatic nitrogens is 2. The van der Waals surface area contributed by atoms with Crippen LogP contribution in [-0.2, 0) is 16.1 Å². The van der Waals surface area contributed by atoms with Gasteiger partial charge in [-0.1, -0.05) is 18.2 Å². The van der Waals surface area contributed by atoms with E-state index in [-0.39, 0.29) is 18.3 Å². The lowest BCUT2D eigenvalue weighted by Crippen LogP contribution is -2.47. The molecule has 1 amide bonds. The Hall–Kier alpha value is -1.89. The van der Waals surface area contributed by atoms with E-state index < -0.39 is 6.10 Å². The van der Waals surface area contributed by atoms with E-state index in [1.54, 1.807) is 0 Å². The number of carbonyl (C=O) groups excluding carboxylic acids is 1. The minimum Gasteiger partial charge on any atom is -0.366 e. The largest absolute Gasteiger partial charge is 0.366 e. The SMILES string of the molecule is Cc1cc(C)n(-c2ccccc2CNC(=O)C2CNCCO2)n1.Cl. The van der Waals surface area contributed by atoms with Gasteiger partial charge in [-0.25, -0.2) is 4.68 Å². The molecule has 1 aliphatic heterocycles. The molecule has 0 saturated carbocycles. The van der Waals surface area contributed by atoms with Crippen LogP contribution in [-0.4, -0.2) is 41.5 Å². The first-order chi connectivity index (χ1) is 11.1. The van der Waals surface area contributed by atoms with Gasteiger partial charge >= 0.3 is 0 Å². The lowest BCUT2D eigenvalue weighted by molar-refractivity contribution is -0.134. The fraction of sp³-hybridized carbons (Fsp3) is 0.412. The van der Waals surface area contributed by atoms with E-state index in [1.807, 2.05) is 48.9 Å². The van der Waals surface area contributed by atoms with Crippen molar-refractivity contribution < 1.29 is 9.53 Å². The number of hydrogen-bond donors (Lipinski definition) is 2. The van der Waals surface area contributed by atoms with Gasteiger partial charge in [0.05, 0.1) is 18.0 Å². The molecular formula is C17H23ClN4O2. The molecule has 1 fully saturated rings. The van der Waals surface area contributed by atoms with Crippen molar-refractivity contribution in [2.24, 2.45) is 0 Å². The number of ether oxygens (including phenoxy) is 1. The summed E-state index contributed by atoms with van der Waals surface area (Å²) in [6, 6.07) is 10.0. The number of amides is 1. The maximum atomic E-state index is 12.2. The highest BCUT2D eigenvalue weighted by atomic mass is 35.5. The number of para-hydroxylation sites is 1. The predicted molar refractivity (Wildman–Crippen MR) is 94.7 cm³/mol. The highest BCUT2D eigenvalue weighted by Crippen LogP contribution is 2.17. The highest BCUT2D eigenvalue weighted by molar-refractivity contribution is 5.85. The molecule has 2 heterocycles. The highest BCUT2D eigenvalue weighted by Gasteiger charge is 2.21. The molecule has 6 nitrogen and oxygen atoms in total. The summed E-state index contributed by atoms with van der Waals surface area (Å²) in [5, 5.41) is 10.6. The molecule has 0 radical (unpaired) electrons. The normalized spacial score (nSPS) is 17.2. The van der Waals surface area contributed by atoms with Crippen LogP contribution < -0.4 is 10.6 Å². The van der Waals surface area contributed by atoms with E-state index in [4.69, 9.17) is 4.74 Å². The van der Waals surface area contributed by atoms with Gasteiger partial charge in [-0.15, -0.1) is 12.4 Å². The molecule has 1 aromatic carbocycles. The van der Waals surface area contributed by atoms with Crippen molar-refractivity contribution in [3.05, 3.63) is 47.3 Å². The van der Waals surface area contributed by atoms with Crippen molar-refractivity contribution in [3.63, 3.8) is 0 Å². The van der Waals surface area contributed by atoms with Crippen LogP contribution >= 0.6 is 12.4 Å². The van der Waals surface area contributed by atoms with Crippen molar-refractivity contribution in [2.75, 3.05) is 19.7 Å². The minimum absolute atomic E-state index is 0. The molecule has 0 bridgehead atoms. The topological polar surface area (TPSA) is 68.2 Å². The summed E-state index contributed by atoms with van der Waals surface area (Å²) in [6.07, 6.45) is -0.412. The number of halogens is 1. The molecule has 1 aliphatic rings. The molecule has 24 heavy (non-hydrogen) atoms. The van der Waals surface area contributed by atoms with Gasteiger partial charge in [-0.2, -0.15) is 5.10 Å². The molecular weight excluding hydrogens is 328 g/mol. The summed E-state index contributed by atoms with van der Waals surface area (Å²) >= 11 is 0. The molecule has 2 N–H and O–H groups in total. The standard InChI is InChI=1S/C17H22N4O2.ClH/c1-12-9-13(2)21(20-12)15-6-4-3-5-14(15)10-19-17(22)16-11-18-7-8-23-16;/h3-6,9,16,18H,7-8,10-11H2,1-2H3,(H,19,22);1H. The number of aryl methyl sites for hydroxylation is 2. The van der Waals surface area contributed by atoms with Crippen LogP contribution in [0.15, 0.2) is 30.3 Å². The van der Waals surface area contributed by atoms with Gasteiger partial charge in [0.2, 0.25) is 0 Å². The van der Waals surface area contributed by atoms with E-state index in [1.165, 1.54) is 0 Å². The van der Waals surface area contributed by atoms with Crippen LogP contribution in [0.5, 0.6) is 0 Å². The van der Waals surface area contributed by atoms with Gasteiger partial charge in [0.1, 0.15) is 6.10 Å². The zero-order valence-electron chi connectivity index (χ0n) is 13.9. The number of hydrogen-bond acceptors (Lipinski definition) is 4. The molecule has 1 atom stereocenters. The summed E-state index contributed by atoms with van der Waals surface area (Å²) in [6.45, 7) is 6.38. The first-order valence-electron chi connectivity index (χ1n) is 7.87. The van der Waals surface area contributed by atoms with Crippen molar-refractivity contribution >= 4 is 18.3 Å². The summed E-state index contributed by atoms with van der Waals surface area (Å²) in [5.41, 5.74) is 4.06. The Kier molecular flexibility index (Phi) is 6.36. The monoisotopic (exact) mass is 350 g/mol. The van der Waals surface area contributed by atoms with E-state index >= 15 is 0 Å². The molecule has 7 heteroatoms. The second-order valence-electron chi connectivity index (χ2n) is 5.75. The minimum atomic E-state index is -0.412. The second-order valence-corrected chi connectivity index (χ2v) is 5.75. The summed E-state index contributed by atoms with van der Waals surface area (Å²) in [7, 11) is 0. The number of morpholine rings is 1. The maximum Gasteiger partial charge on any atom is 0.250 e. The van der Waals surface area contributed by atoms with Gasteiger partial charge < -0.3 is 15.4 Å². The fourth-order valence-electron chi connectivity index (χ4n) is 2.77. The van der Waals surface area contributed by atoms with Crippen LogP contribution in [0.2, 0.25) is 0 Å². The lowest BCUT2D eigenvalue weighted by atomic mass is 10.1. The first-order valence-corrected chi connectivity index (χ1v) is 7.87. The van der Waals surface area contributed by atoms with E-state index in [9.17, 15) is 4.79 Å². The van der Waals surface area contributed by atoms with Gasteiger partial charge in [0.25, 0.3) is 5.91 Å². The van der Waals surface area contributed by atoms with Crippen molar-refractivity contribution in [3.8, 4) is 5.69 Å². The maximum absolute atomic E-state index is 12.2. The second kappa shape index (κ2) is 8.28. The smallest absolute Gasteiger partial charge is 0.250 e. The van der Waals surface area contributed by atoms with Crippen molar-refractivity contribution in [1.29, 1.82) is 0 Å². The lowest BCUT2D eigenvalue weighted by Gasteiger charge is -2.23. The molecule has 0 aliphatic carbocycles. The van der Waals surface area contributed by atoms with Gasteiger partial charge in [0, 0.05) is 25.3 Å². The Morgan fingerprint density at radius 3 is 2.88 bits per heavy atom. The first kappa shape index (κ1) is 18.4. The third kappa shape index (κ3) is 4.14. The Balaban J connectivity index is 0.00000208. The predicted octanol–water partition coefficient (Wildman–Crippen LogP) is 1.52. The molecule has 3 rings (SSSR count). The number of nitrogens with one attached hydrogen (secondary N) is 2. The van der Waals surface area contributed by atoms with Gasteiger partial charge in [-0.3, -0.25) is 4.79 Å². The molecule has 2 aromatic rings. The van der Waals surface area contributed by atoms with Crippen LogP contribution in [0.4, 0.5) is 0 Å². The van der Waals surface area contributed by atoms with Crippen molar-refractivity contribution in [1.82, 2.24) is 20.4 Å². The van der Waals surface area contributed by atoms with E-state index in [2.05, 4.69) is 15.7 Å². The van der Waals surface area contributed by atoms with E-state index in [0.29, 0.717) is 19.7 Å². The fourth-order valence-corrected chi connectivity index (χ4v) is 2.77. The Bertz CT molecular complexity index is 696. The van der Waals surface area contributed by atoms with Crippen LogP contribution in [0.3, 0.4) is 0 Å². The molecule has 0 spiro atoms. The quantitative estimate of drug-likeness (QED) is 0.877. The van der Waals surface area contributed by atoms with Gasteiger partial charge in [-0.05, 0) is 31.5 Å². The van der Waals surface area contributed by atoms with E-state index in [0.717, 1.165) is 29.2 Å². The van der Waals surface area contributed by atoms with Gasteiger partial charge in [0.15, 0.2) is 0 Å². The third-order valence-corrected chi connectivity index (χ3v) is 3.90. The molecule has 1 aromatic heterocycles. The number of benzene rings is 1. The summed E-state index contributed by atoms with van der Waals surface area (Å²) in [5.74, 6) is -0.0830. The van der Waals surface area contributed by atoms with Crippen LogP contribution in [0, 0.1) is 13.8 Å². The zero-order valence-corrected chi connectivity index (χ0v) is 14.7. The average molecular weight is 351 g/mol. The molecule has 1 unspecified atom stereocenters. The number of nitrogens with zero attached hydrogens (tertiary/aromatic N) is 2. The Labute approximate surface area is 148 Å². The Morgan fingerprint density at radius 1 is 1.42 bits per heavy atom. The number of carbonyl (C=O) groups is 1. The van der Waals surface area contributed by atoms with Crippen molar-refractivity contribution in [2.45, 2.75) is 26.5 Å². The third-order valence-electron chi connectivity index (χ3n) is 3.90. The zero-order chi connectivity index (χ0) is 16.2. The van der Waals surface area contributed by atoms with Crippen LogP contribution in [0.1, 0.15) is 17.0 Å². The summed E-state index contributed by atoms with van der Waals surface area (Å²) in [4.78, 5) is 12.2. The molecule has 1 saturated heterocycles. The molecule has 130 valence electrons. The summed E-state index contributed by atoms with van der Waals surface area (Å²) < 4.78 is 7.39. The number of rotatable bonds is 4. The Morgan fingerprint density at radius 2 is 2.21 bits per heavy atom. The average Bonchev–Trinajstić information content (AvgIpc) is 2.92.